The molecule has 5 rings (SSSR count). The van der Waals surface area contributed by atoms with Crippen molar-refractivity contribution in [2.45, 2.75) is 64.9 Å². The summed E-state index contributed by atoms with van der Waals surface area (Å²) in [5.41, 5.74) is -0.999. The Hall–Kier alpha value is -0.900. The summed E-state index contributed by atoms with van der Waals surface area (Å²) in [6, 6.07) is 0. The molecular weight excluding hydrogens is 304 g/mol. The van der Waals surface area contributed by atoms with Crippen LogP contribution in [0.3, 0.4) is 0 Å². The van der Waals surface area contributed by atoms with Gasteiger partial charge < -0.3 is 10.2 Å². The molecule has 132 valence electrons. The van der Waals surface area contributed by atoms with E-state index in [0.29, 0.717) is 37.0 Å². The number of rotatable bonds is 1. The lowest BCUT2D eigenvalue weighted by Gasteiger charge is -2.47. The molecule has 2 unspecified atom stereocenters. The summed E-state index contributed by atoms with van der Waals surface area (Å²) in [6.07, 6.45) is 5.46. The third-order valence-corrected chi connectivity index (χ3v) is 9.29. The van der Waals surface area contributed by atoms with Crippen LogP contribution in [0.25, 0.3) is 0 Å². The third-order valence-electron chi connectivity index (χ3n) is 9.29. The van der Waals surface area contributed by atoms with E-state index in [0.717, 1.165) is 19.3 Å². The highest BCUT2D eigenvalue weighted by Crippen LogP contribution is 2.81. The summed E-state index contributed by atoms with van der Waals surface area (Å²) in [7, 11) is 0. The number of carboxylic acids is 1. The summed E-state index contributed by atoms with van der Waals surface area (Å²) in [6.45, 7) is 4.25. The molecule has 4 nitrogen and oxygen atoms in total. The van der Waals surface area contributed by atoms with Crippen LogP contribution < -0.4 is 0 Å². The number of aliphatic carboxylic acids is 1. The second kappa shape index (κ2) is 4.25. The monoisotopic (exact) mass is 332 g/mol. The van der Waals surface area contributed by atoms with Crippen molar-refractivity contribution in [2.24, 2.45) is 45.8 Å². The number of carbonyl (C=O) groups excluding carboxylic acids is 1. The van der Waals surface area contributed by atoms with Gasteiger partial charge in [-0.3, -0.25) is 9.59 Å². The number of aliphatic hydroxyl groups excluding tert-OH is 1. The third kappa shape index (κ3) is 1.43. The molecule has 24 heavy (non-hydrogen) atoms. The second-order valence-electron chi connectivity index (χ2n) is 10.1. The average molecular weight is 332 g/mol. The van der Waals surface area contributed by atoms with Crippen LogP contribution in [0.4, 0.5) is 0 Å². The summed E-state index contributed by atoms with van der Waals surface area (Å²) < 4.78 is 0. The van der Waals surface area contributed by atoms with Crippen LogP contribution >= 0.6 is 0 Å². The Bertz CT molecular complexity index is 640. The molecular formula is C20H28O4. The lowest BCUT2D eigenvalue weighted by Crippen LogP contribution is -2.47. The van der Waals surface area contributed by atoms with Crippen LogP contribution in [0.1, 0.15) is 58.8 Å². The van der Waals surface area contributed by atoms with E-state index >= 15 is 0 Å². The normalized spacial score (nSPS) is 60.9. The summed E-state index contributed by atoms with van der Waals surface area (Å²) >= 11 is 0. The van der Waals surface area contributed by atoms with Gasteiger partial charge in [-0.1, -0.05) is 13.8 Å². The van der Waals surface area contributed by atoms with E-state index in [1.54, 1.807) is 0 Å². The molecule has 5 aliphatic rings. The topological polar surface area (TPSA) is 74.6 Å². The molecule has 4 heteroatoms. The number of fused-ring (bicyclic) bond motifs is 1. The van der Waals surface area contributed by atoms with E-state index in [1.165, 1.54) is 6.42 Å². The Labute approximate surface area is 143 Å². The van der Waals surface area contributed by atoms with Crippen molar-refractivity contribution in [3.63, 3.8) is 0 Å². The molecule has 0 saturated heterocycles. The lowest BCUT2D eigenvalue weighted by molar-refractivity contribution is -0.153. The van der Waals surface area contributed by atoms with Gasteiger partial charge in [0, 0.05) is 11.8 Å². The first-order chi connectivity index (χ1) is 11.2. The lowest BCUT2D eigenvalue weighted by atomic mass is 9.57. The van der Waals surface area contributed by atoms with E-state index in [2.05, 4.69) is 6.92 Å². The zero-order chi connectivity index (χ0) is 17.1. The van der Waals surface area contributed by atoms with Crippen molar-refractivity contribution in [2.75, 3.05) is 0 Å². The van der Waals surface area contributed by atoms with Crippen molar-refractivity contribution < 1.29 is 19.8 Å². The van der Waals surface area contributed by atoms with Gasteiger partial charge in [0.2, 0.25) is 0 Å². The SMILES string of the molecule is CC1C[C@]23C[C@H]1CCC2[C@@]12CC(=O)[C@@](C)(C[C@@H](O)C1)[C@H]2[C@@H]3C(=O)O. The van der Waals surface area contributed by atoms with Gasteiger partial charge in [0.1, 0.15) is 5.78 Å². The fourth-order valence-electron chi connectivity index (χ4n) is 8.97. The molecule has 0 aromatic rings. The second-order valence-corrected chi connectivity index (χ2v) is 10.1. The van der Waals surface area contributed by atoms with E-state index in [9.17, 15) is 19.8 Å². The molecule has 9 atom stereocenters. The van der Waals surface area contributed by atoms with E-state index < -0.39 is 17.5 Å². The molecule has 0 aromatic heterocycles. The van der Waals surface area contributed by atoms with Crippen molar-refractivity contribution in [1.29, 1.82) is 0 Å². The van der Waals surface area contributed by atoms with E-state index in [4.69, 9.17) is 0 Å². The van der Waals surface area contributed by atoms with Gasteiger partial charge in [-0.2, -0.15) is 0 Å². The number of aliphatic hydroxyl groups is 1. The highest BCUT2D eigenvalue weighted by atomic mass is 16.4. The fraction of sp³-hybridized carbons (Fsp3) is 0.900. The fourth-order valence-corrected chi connectivity index (χ4v) is 8.97. The minimum atomic E-state index is -0.682. The Morgan fingerprint density at radius 3 is 2.58 bits per heavy atom. The molecule has 5 aliphatic carbocycles. The van der Waals surface area contributed by atoms with Crippen molar-refractivity contribution in [3.05, 3.63) is 0 Å². The van der Waals surface area contributed by atoms with Crippen LogP contribution in [0, 0.1) is 45.8 Å². The maximum atomic E-state index is 12.9. The Kier molecular flexibility index (Phi) is 2.72. The number of Topliss-reactive ketones (excluding diaryl/α,β-unsaturated/α-hetero) is 1. The van der Waals surface area contributed by atoms with Crippen LogP contribution in [-0.2, 0) is 9.59 Å². The smallest absolute Gasteiger partial charge is 0.307 e. The van der Waals surface area contributed by atoms with Gasteiger partial charge in [0.15, 0.2) is 0 Å². The predicted octanol–water partition coefficient (Wildman–Crippen LogP) is 2.88. The Balaban J connectivity index is 1.74. The van der Waals surface area contributed by atoms with Crippen molar-refractivity contribution in [1.82, 2.24) is 0 Å². The number of hydrogen-bond acceptors (Lipinski definition) is 3. The molecule has 0 heterocycles. The Morgan fingerprint density at radius 2 is 1.88 bits per heavy atom. The summed E-state index contributed by atoms with van der Waals surface area (Å²) in [5.74, 6) is 0.661. The summed E-state index contributed by atoms with van der Waals surface area (Å²) in [4.78, 5) is 25.4. The zero-order valence-corrected chi connectivity index (χ0v) is 14.6. The van der Waals surface area contributed by atoms with Gasteiger partial charge in [0.25, 0.3) is 0 Å². The van der Waals surface area contributed by atoms with Crippen LogP contribution in [0.5, 0.6) is 0 Å². The first-order valence-corrected chi connectivity index (χ1v) is 9.69. The van der Waals surface area contributed by atoms with Crippen LogP contribution in [-0.4, -0.2) is 28.1 Å². The highest BCUT2D eigenvalue weighted by molar-refractivity contribution is 5.91. The minimum absolute atomic E-state index is 0.0625. The molecule has 0 amide bonds. The predicted molar refractivity (Wildman–Crippen MR) is 87.1 cm³/mol. The molecule has 5 fully saturated rings. The number of ketones is 1. The molecule has 0 aliphatic heterocycles. The molecule has 0 radical (unpaired) electrons. The number of carboxylic acid groups (broad SMARTS) is 1. The van der Waals surface area contributed by atoms with Gasteiger partial charge >= 0.3 is 5.97 Å². The van der Waals surface area contributed by atoms with Crippen LogP contribution in [0.2, 0.25) is 0 Å². The molecule has 2 N–H and O–H groups in total. The van der Waals surface area contributed by atoms with Crippen LogP contribution in [0.15, 0.2) is 0 Å². The molecule has 0 aromatic carbocycles. The zero-order valence-electron chi connectivity index (χ0n) is 14.6. The maximum Gasteiger partial charge on any atom is 0.307 e. The quantitative estimate of drug-likeness (QED) is 0.774. The minimum Gasteiger partial charge on any atom is -0.481 e. The van der Waals surface area contributed by atoms with Gasteiger partial charge in [-0.15, -0.1) is 0 Å². The van der Waals surface area contributed by atoms with Gasteiger partial charge in [0.05, 0.1) is 12.0 Å². The van der Waals surface area contributed by atoms with E-state index in [1.807, 2.05) is 6.92 Å². The van der Waals surface area contributed by atoms with Gasteiger partial charge in [-0.05, 0) is 73.0 Å². The molecule has 4 bridgehead atoms. The number of hydrogen-bond donors (Lipinski definition) is 2. The maximum absolute atomic E-state index is 12.9. The average Bonchev–Trinajstić information content (AvgIpc) is 2.92. The van der Waals surface area contributed by atoms with E-state index in [-0.39, 0.29) is 28.4 Å². The highest BCUT2D eigenvalue weighted by Gasteiger charge is 2.80. The summed E-state index contributed by atoms with van der Waals surface area (Å²) in [5, 5.41) is 20.8. The Morgan fingerprint density at radius 1 is 1.12 bits per heavy atom. The van der Waals surface area contributed by atoms with Crippen molar-refractivity contribution >= 4 is 11.8 Å². The first kappa shape index (κ1) is 15.4. The molecule has 1 spiro atoms. The standard InChI is InChI=1S/C20H28O4/c1-10-5-19-6-11(10)3-4-13(19)20-8-12(21)7-18(2,14(22)9-20)16(20)15(19)17(23)24/h10-13,15-16,21H,3-9H2,1-2H3,(H,23,24)/t10?,11-,12-,13?,15-,16-,18-,19+,20+/m1/s1. The van der Waals surface area contributed by atoms with Crippen molar-refractivity contribution in [3.8, 4) is 0 Å². The molecule has 5 saturated carbocycles. The number of carbonyl (C=O) groups is 2. The van der Waals surface area contributed by atoms with Gasteiger partial charge in [-0.25, -0.2) is 0 Å². The first-order valence-electron chi connectivity index (χ1n) is 9.69. The largest absolute Gasteiger partial charge is 0.481 e.